The first-order chi connectivity index (χ1) is 8.54. The summed E-state index contributed by atoms with van der Waals surface area (Å²) in [7, 11) is 0. The summed E-state index contributed by atoms with van der Waals surface area (Å²) >= 11 is 7.99. The van der Waals surface area contributed by atoms with Gasteiger partial charge in [0.2, 0.25) is 0 Å². The van der Waals surface area contributed by atoms with Crippen molar-refractivity contribution in [1.82, 2.24) is 14.8 Å². The summed E-state index contributed by atoms with van der Waals surface area (Å²) in [5.41, 5.74) is 0.0675. The number of halogens is 3. The second-order valence-electron chi connectivity index (χ2n) is 3.75. The van der Waals surface area contributed by atoms with Crippen molar-refractivity contribution in [2.24, 2.45) is 0 Å². The Balaban J connectivity index is 2.65. The van der Waals surface area contributed by atoms with Crippen LogP contribution in [-0.4, -0.2) is 14.8 Å². The zero-order valence-electron chi connectivity index (χ0n) is 9.51. The van der Waals surface area contributed by atoms with Crippen LogP contribution < -0.4 is 0 Å². The predicted octanol–water partition coefficient (Wildman–Crippen LogP) is 3.92. The summed E-state index contributed by atoms with van der Waals surface area (Å²) in [6.45, 7) is 1.97. The molecule has 0 radical (unpaired) electrons. The van der Waals surface area contributed by atoms with Crippen molar-refractivity contribution in [1.29, 1.82) is 0 Å². The Kier molecular flexibility index (Phi) is 3.91. The maximum atomic E-state index is 13.9. The van der Waals surface area contributed by atoms with Crippen LogP contribution in [0.5, 0.6) is 0 Å². The minimum Gasteiger partial charge on any atom is -0.269 e. The monoisotopic (exact) mass is 333 g/mol. The number of aromatic amines is 1. The Hall–Kier alpha value is -1.08. The van der Waals surface area contributed by atoms with Crippen LogP contribution in [0.3, 0.4) is 0 Å². The number of benzene rings is 1. The fourth-order valence-corrected chi connectivity index (χ4v) is 2.22. The largest absolute Gasteiger partial charge is 0.269 e. The molecular formula is C11H10BrF2N3S. The van der Waals surface area contributed by atoms with Gasteiger partial charge in [-0.2, -0.15) is 5.10 Å². The molecule has 0 unspecified atom stereocenters. The fraction of sp³-hybridized carbons (Fsp3) is 0.273. The molecule has 1 N–H and O–H groups in total. The Morgan fingerprint density at radius 2 is 2.11 bits per heavy atom. The smallest absolute Gasteiger partial charge is 0.199 e. The van der Waals surface area contributed by atoms with Crippen LogP contribution in [-0.2, 0) is 6.42 Å². The van der Waals surface area contributed by atoms with Gasteiger partial charge in [0.05, 0.1) is 10.2 Å². The minimum absolute atomic E-state index is 0.0675. The van der Waals surface area contributed by atoms with Gasteiger partial charge in [-0.15, -0.1) is 0 Å². The summed E-state index contributed by atoms with van der Waals surface area (Å²) in [5.74, 6) is -0.516. The molecule has 2 aromatic rings. The van der Waals surface area contributed by atoms with Crippen LogP contribution in [0.1, 0.15) is 19.2 Å². The van der Waals surface area contributed by atoms with Gasteiger partial charge < -0.3 is 0 Å². The Labute approximate surface area is 116 Å². The molecular weight excluding hydrogens is 324 g/mol. The highest BCUT2D eigenvalue weighted by Gasteiger charge is 2.14. The second-order valence-corrected chi connectivity index (χ2v) is 4.99. The number of H-pyrrole nitrogens is 1. The zero-order chi connectivity index (χ0) is 13.3. The average molecular weight is 334 g/mol. The molecule has 1 aromatic heterocycles. The van der Waals surface area contributed by atoms with E-state index in [0.717, 1.165) is 18.6 Å². The lowest BCUT2D eigenvalue weighted by atomic mass is 10.2. The number of nitrogens with zero attached hydrogens (tertiary/aromatic N) is 2. The van der Waals surface area contributed by atoms with Gasteiger partial charge in [-0.3, -0.25) is 9.67 Å². The van der Waals surface area contributed by atoms with E-state index < -0.39 is 11.6 Å². The molecule has 0 atom stereocenters. The highest BCUT2D eigenvalue weighted by Crippen LogP contribution is 2.23. The van der Waals surface area contributed by atoms with Crippen molar-refractivity contribution < 1.29 is 8.78 Å². The van der Waals surface area contributed by atoms with E-state index >= 15 is 0 Å². The molecule has 7 heteroatoms. The van der Waals surface area contributed by atoms with Gasteiger partial charge in [0.1, 0.15) is 17.5 Å². The van der Waals surface area contributed by atoms with Crippen molar-refractivity contribution in [3.05, 3.63) is 38.8 Å². The number of hydrogen-bond donors (Lipinski definition) is 1. The Bertz CT molecular complexity index is 636. The van der Waals surface area contributed by atoms with Crippen molar-refractivity contribution in [3.63, 3.8) is 0 Å². The highest BCUT2D eigenvalue weighted by molar-refractivity contribution is 9.10. The predicted molar refractivity (Wildman–Crippen MR) is 70.4 cm³/mol. The molecule has 0 spiro atoms. The molecule has 3 nitrogen and oxygen atoms in total. The number of aryl methyl sites for hydroxylation is 1. The summed E-state index contributed by atoms with van der Waals surface area (Å²) in [5, 5.41) is 6.62. The van der Waals surface area contributed by atoms with Gasteiger partial charge in [-0.25, -0.2) is 8.78 Å². The molecule has 2 rings (SSSR count). The average Bonchev–Trinajstić information content (AvgIpc) is 2.66. The molecule has 0 amide bonds. The van der Waals surface area contributed by atoms with E-state index in [0.29, 0.717) is 12.2 Å². The van der Waals surface area contributed by atoms with E-state index in [-0.39, 0.29) is 14.9 Å². The maximum absolute atomic E-state index is 13.9. The molecule has 0 bridgehead atoms. The lowest BCUT2D eigenvalue weighted by Gasteiger charge is -2.08. The molecule has 18 heavy (non-hydrogen) atoms. The first-order valence-corrected chi connectivity index (χ1v) is 6.56. The Morgan fingerprint density at radius 3 is 2.78 bits per heavy atom. The van der Waals surface area contributed by atoms with Gasteiger partial charge in [0, 0.05) is 12.5 Å². The first-order valence-electron chi connectivity index (χ1n) is 5.35. The second kappa shape index (κ2) is 5.27. The van der Waals surface area contributed by atoms with Crippen molar-refractivity contribution in [2.75, 3.05) is 0 Å². The topological polar surface area (TPSA) is 33.6 Å². The fourth-order valence-electron chi connectivity index (χ4n) is 1.65. The molecule has 1 aromatic carbocycles. The van der Waals surface area contributed by atoms with Crippen LogP contribution in [0.15, 0.2) is 16.6 Å². The van der Waals surface area contributed by atoms with Gasteiger partial charge in [0.15, 0.2) is 4.77 Å². The molecule has 0 aliphatic heterocycles. The molecule has 0 saturated carbocycles. The van der Waals surface area contributed by atoms with Crippen LogP contribution in [0.25, 0.3) is 5.69 Å². The van der Waals surface area contributed by atoms with E-state index in [1.807, 2.05) is 6.92 Å². The minimum atomic E-state index is -0.557. The van der Waals surface area contributed by atoms with Gasteiger partial charge >= 0.3 is 0 Å². The first kappa shape index (κ1) is 13.4. The van der Waals surface area contributed by atoms with Gasteiger partial charge in [-0.1, -0.05) is 6.92 Å². The third-order valence-corrected chi connectivity index (χ3v) is 3.33. The quantitative estimate of drug-likeness (QED) is 0.682. The number of rotatable bonds is 3. The van der Waals surface area contributed by atoms with E-state index in [1.165, 1.54) is 4.57 Å². The Morgan fingerprint density at radius 1 is 1.39 bits per heavy atom. The van der Waals surface area contributed by atoms with Crippen LogP contribution in [0.4, 0.5) is 8.78 Å². The zero-order valence-corrected chi connectivity index (χ0v) is 11.9. The summed E-state index contributed by atoms with van der Waals surface area (Å²) in [6, 6.07) is 2.18. The molecule has 0 aliphatic carbocycles. The third kappa shape index (κ3) is 2.37. The summed E-state index contributed by atoms with van der Waals surface area (Å²) in [4.78, 5) is 0. The standard InChI is InChI=1S/C11H10BrF2N3S/c1-2-3-10-15-16-11(18)17(10)9-5-7(13)6(12)4-8(9)14/h4-5H,2-3H2,1H3,(H,16,18). The lowest BCUT2D eigenvalue weighted by molar-refractivity contribution is 0.584. The van der Waals surface area contributed by atoms with E-state index in [9.17, 15) is 8.78 Å². The maximum Gasteiger partial charge on any atom is 0.199 e. The number of aromatic nitrogens is 3. The van der Waals surface area contributed by atoms with E-state index in [4.69, 9.17) is 12.2 Å². The van der Waals surface area contributed by atoms with Crippen molar-refractivity contribution in [3.8, 4) is 5.69 Å². The van der Waals surface area contributed by atoms with Gasteiger partial charge in [0.25, 0.3) is 0 Å². The molecule has 1 heterocycles. The third-order valence-electron chi connectivity index (χ3n) is 2.45. The summed E-state index contributed by atoms with van der Waals surface area (Å²) < 4.78 is 29.1. The van der Waals surface area contributed by atoms with Crippen LogP contribution in [0, 0.1) is 16.4 Å². The summed E-state index contributed by atoms with van der Waals surface area (Å²) in [6.07, 6.45) is 1.46. The molecule has 0 aliphatic rings. The SMILES string of the molecule is CCCc1n[nH]c(=S)n1-c1cc(F)c(Br)cc1F. The normalized spacial score (nSPS) is 10.9. The highest BCUT2D eigenvalue weighted by atomic mass is 79.9. The van der Waals surface area contributed by atoms with E-state index in [1.54, 1.807) is 0 Å². The van der Waals surface area contributed by atoms with Gasteiger partial charge in [-0.05, 0) is 40.6 Å². The van der Waals surface area contributed by atoms with Crippen LogP contribution >= 0.6 is 28.1 Å². The molecule has 96 valence electrons. The van der Waals surface area contributed by atoms with Crippen LogP contribution in [0.2, 0.25) is 0 Å². The van der Waals surface area contributed by atoms with E-state index in [2.05, 4.69) is 26.1 Å². The van der Waals surface area contributed by atoms with Crippen molar-refractivity contribution in [2.45, 2.75) is 19.8 Å². The number of hydrogen-bond acceptors (Lipinski definition) is 2. The number of nitrogens with one attached hydrogen (secondary N) is 1. The lowest BCUT2D eigenvalue weighted by Crippen LogP contribution is -2.04. The molecule has 0 fully saturated rings. The molecule has 0 saturated heterocycles. The van der Waals surface area contributed by atoms with Crippen molar-refractivity contribution >= 4 is 28.1 Å².